The van der Waals surface area contributed by atoms with Gasteiger partial charge in [-0.15, -0.1) is 11.3 Å². The number of aliphatic hydroxyl groups is 1. The van der Waals surface area contributed by atoms with Crippen LogP contribution in [-0.4, -0.2) is 40.3 Å². The molecule has 0 bridgehead atoms. The first kappa shape index (κ1) is 16.7. The van der Waals surface area contributed by atoms with E-state index in [0.717, 1.165) is 36.6 Å². The van der Waals surface area contributed by atoms with Crippen LogP contribution in [0.2, 0.25) is 5.02 Å². The Morgan fingerprint density at radius 1 is 1.48 bits per heavy atom. The lowest BCUT2D eigenvalue weighted by Gasteiger charge is -2.38. The molecule has 0 amide bonds. The number of hydrogen-bond donors (Lipinski definition) is 1. The summed E-state index contributed by atoms with van der Waals surface area (Å²) in [4.78, 5) is 6.75. The molecule has 1 aromatic heterocycles. The van der Waals surface area contributed by atoms with E-state index in [0.29, 0.717) is 17.3 Å². The second kappa shape index (κ2) is 7.18. The minimum atomic E-state index is -0.828. The monoisotopic (exact) mass is 352 g/mol. The molecular weight excluding hydrogens is 332 g/mol. The number of rotatable bonds is 5. The zero-order valence-electron chi connectivity index (χ0n) is 13.2. The quantitative estimate of drug-likeness (QED) is 0.894. The van der Waals surface area contributed by atoms with Crippen LogP contribution in [0.3, 0.4) is 0 Å². The molecule has 1 fully saturated rings. The summed E-state index contributed by atoms with van der Waals surface area (Å²) in [6, 6.07) is 7.28. The van der Waals surface area contributed by atoms with Crippen LogP contribution in [0.5, 0.6) is 5.75 Å². The molecule has 0 spiro atoms. The Balaban J connectivity index is 1.57. The Kier molecular flexibility index (Phi) is 5.21. The second-order valence-electron chi connectivity index (χ2n) is 6.14. The van der Waals surface area contributed by atoms with Gasteiger partial charge in [0.1, 0.15) is 18.0 Å². The van der Waals surface area contributed by atoms with E-state index in [1.807, 2.05) is 19.1 Å². The predicted molar refractivity (Wildman–Crippen MR) is 93.3 cm³/mol. The number of β-amino-alcohol motifs (C(OH)–C–C–N with tert-alkyl or cyclic N) is 1. The fourth-order valence-electron chi connectivity index (χ4n) is 2.94. The third-order valence-corrected chi connectivity index (χ3v) is 5.05. The smallest absolute Gasteiger partial charge is 0.120 e. The average molecular weight is 353 g/mol. The molecule has 1 saturated heterocycles. The number of aryl methyl sites for hydroxylation is 1. The number of halogens is 1. The van der Waals surface area contributed by atoms with E-state index >= 15 is 0 Å². The molecule has 2 aromatic rings. The summed E-state index contributed by atoms with van der Waals surface area (Å²) in [7, 11) is 0. The van der Waals surface area contributed by atoms with Crippen molar-refractivity contribution in [2.75, 3.05) is 19.7 Å². The predicted octanol–water partition coefficient (Wildman–Crippen LogP) is 3.51. The summed E-state index contributed by atoms with van der Waals surface area (Å²) in [6.07, 6.45) is 1.71. The molecule has 124 valence electrons. The first-order valence-corrected chi connectivity index (χ1v) is 9.02. The first-order valence-electron chi connectivity index (χ1n) is 7.77. The lowest BCUT2D eigenvalue weighted by Crippen LogP contribution is -2.51. The van der Waals surface area contributed by atoms with Gasteiger partial charge in [0.15, 0.2) is 0 Å². The summed E-state index contributed by atoms with van der Waals surface area (Å²) in [6.45, 7) is 4.66. The Hall–Kier alpha value is -1.14. The highest BCUT2D eigenvalue weighted by molar-refractivity contribution is 7.09. The van der Waals surface area contributed by atoms with E-state index in [1.165, 1.54) is 0 Å². The van der Waals surface area contributed by atoms with Crippen molar-refractivity contribution in [3.63, 3.8) is 0 Å². The maximum absolute atomic E-state index is 10.8. The number of ether oxygens (including phenoxy) is 1. The largest absolute Gasteiger partial charge is 0.490 e. The van der Waals surface area contributed by atoms with Crippen LogP contribution in [0.4, 0.5) is 0 Å². The number of aromatic nitrogens is 1. The van der Waals surface area contributed by atoms with E-state index in [4.69, 9.17) is 16.3 Å². The highest BCUT2D eigenvalue weighted by atomic mass is 35.5. The number of likely N-dealkylation sites (tertiary alicyclic amines) is 1. The molecule has 3 rings (SSSR count). The van der Waals surface area contributed by atoms with Gasteiger partial charge in [0.05, 0.1) is 10.7 Å². The zero-order chi connectivity index (χ0) is 16.3. The van der Waals surface area contributed by atoms with Crippen molar-refractivity contribution in [2.45, 2.75) is 31.9 Å². The summed E-state index contributed by atoms with van der Waals surface area (Å²) in [5.41, 5.74) is 0.249. The summed E-state index contributed by atoms with van der Waals surface area (Å²) >= 11 is 7.62. The van der Waals surface area contributed by atoms with Crippen LogP contribution < -0.4 is 4.74 Å². The van der Waals surface area contributed by atoms with Crippen molar-refractivity contribution in [2.24, 2.45) is 0 Å². The molecule has 2 heterocycles. The van der Waals surface area contributed by atoms with Gasteiger partial charge < -0.3 is 9.84 Å². The van der Waals surface area contributed by atoms with Crippen molar-refractivity contribution in [3.05, 3.63) is 45.4 Å². The second-order valence-corrected chi connectivity index (χ2v) is 7.64. The standard InChI is InChI=1S/C17H21ClN2O2S/c1-13-19-15(10-23-13)9-20-7-3-6-17(21,11-20)12-22-16-5-2-4-14(18)8-16/h2,4-5,8,10,21H,3,6-7,9,11-12H2,1H3. The number of hydrogen-bond acceptors (Lipinski definition) is 5. The van der Waals surface area contributed by atoms with E-state index in [9.17, 15) is 5.11 Å². The molecule has 4 nitrogen and oxygen atoms in total. The van der Waals surface area contributed by atoms with Gasteiger partial charge >= 0.3 is 0 Å². The molecule has 23 heavy (non-hydrogen) atoms. The molecule has 1 unspecified atom stereocenters. The van der Waals surface area contributed by atoms with Crippen LogP contribution in [0.25, 0.3) is 0 Å². The SMILES string of the molecule is Cc1nc(CN2CCCC(O)(COc3cccc(Cl)c3)C2)cs1. The molecule has 0 saturated carbocycles. The van der Waals surface area contributed by atoms with E-state index < -0.39 is 5.60 Å². The minimum absolute atomic E-state index is 0.278. The van der Waals surface area contributed by atoms with Gasteiger partial charge in [-0.25, -0.2) is 4.98 Å². The number of benzene rings is 1. The average Bonchev–Trinajstić information content (AvgIpc) is 2.91. The van der Waals surface area contributed by atoms with Gasteiger partial charge in [0, 0.05) is 23.5 Å². The molecular formula is C17H21ClN2O2S. The summed E-state index contributed by atoms with van der Waals surface area (Å²) in [5, 5.41) is 14.6. The van der Waals surface area contributed by atoms with Gasteiger partial charge in [0.2, 0.25) is 0 Å². The minimum Gasteiger partial charge on any atom is -0.490 e. The molecule has 0 radical (unpaired) electrons. The van der Waals surface area contributed by atoms with Crippen LogP contribution >= 0.6 is 22.9 Å². The highest BCUT2D eigenvalue weighted by Crippen LogP contribution is 2.25. The van der Waals surface area contributed by atoms with E-state index in [1.54, 1.807) is 23.5 Å². The van der Waals surface area contributed by atoms with Gasteiger partial charge in [0.25, 0.3) is 0 Å². The summed E-state index contributed by atoms with van der Waals surface area (Å²) in [5.74, 6) is 0.693. The van der Waals surface area contributed by atoms with Crippen molar-refractivity contribution in [1.82, 2.24) is 9.88 Å². The van der Waals surface area contributed by atoms with Crippen molar-refractivity contribution >= 4 is 22.9 Å². The Morgan fingerprint density at radius 2 is 2.35 bits per heavy atom. The maximum atomic E-state index is 10.8. The van der Waals surface area contributed by atoms with Gasteiger partial charge in [-0.3, -0.25) is 4.90 Å². The van der Waals surface area contributed by atoms with Crippen LogP contribution in [-0.2, 0) is 6.54 Å². The van der Waals surface area contributed by atoms with Crippen molar-refractivity contribution in [1.29, 1.82) is 0 Å². The van der Waals surface area contributed by atoms with E-state index in [2.05, 4.69) is 15.3 Å². The maximum Gasteiger partial charge on any atom is 0.120 e. The van der Waals surface area contributed by atoms with Gasteiger partial charge in [-0.2, -0.15) is 0 Å². The first-order chi connectivity index (χ1) is 11.0. The zero-order valence-corrected chi connectivity index (χ0v) is 14.7. The molecule has 1 atom stereocenters. The molecule has 1 N–H and O–H groups in total. The third kappa shape index (κ3) is 4.67. The lowest BCUT2D eigenvalue weighted by molar-refractivity contribution is -0.0623. The molecule has 0 aliphatic carbocycles. The van der Waals surface area contributed by atoms with E-state index in [-0.39, 0.29) is 6.61 Å². The normalized spacial score (nSPS) is 22.2. The Bertz CT molecular complexity index is 664. The van der Waals surface area contributed by atoms with Crippen LogP contribution in [0.1, 0.15) is 23.5 Å². The Morgan fingerprint density at radius 3 is 3.09 bits per heavy atom. The fraction of sp³-hybridized carbons (Fsp3) is 0.471. The lowest BCUT2D eigenvalue weighted by atomic mass is 9.93. The fourth-order valence-corrected chi connectivity index (χ4v) is 3.73. The van der Waals surface area contributed by atoms with Gasteiger partial charge in [-0.1, -0.05) is 17.7 Å². The molecule has 1 aliphatic rings. The third-order valence-electron chi connectivity index (χ3n) is 3.99. The number of thiazole rings is 1. The van der Waals surface area contributed by atoms with Crippen molar-refractivity contribution < 1.29 is 9.84 Å². The van der Waals surface area contributed by atoms with Crippen molar-refractivity contribution in [3.8, 4) is 5.75 Å². The topological polar surface area (TPSA) is 45.6 Å². The number of nitrogens with zero attached hydrogens (tertiary/aromatic N) is 2. The number of piperidine rings is 1. The molecule has 1 aliphatic heterocycles. The Labute approximate surface area is 145 Å². The van der Waals surface area contributed by atoms with Gasteiger partial charge in [-0.05, 0) is 44.5 Å². The molecule has 6 heteroatoms. The van der Waals surface area contributed by atoms with Crippen LogP contribution in [0.15, 0.2) is 29.6 Å². The molecule has 1 aromatic carbocycles. The summed E-state index contributed by atoms with van der Waals surface area (Å²) < 4.78 is 5.76. The van der Waals surface area contributed by atoms with Crippen LogP contribution in [0, 0.1) is 6.92 Å². The highest BCUT2D eigenvalue weighted by Gasteiger charge is 2.34.